The molecule has 0 radical (unpaired) electrons. The van der Waals surface area contributed by atoms with Crippen LogP contribution >= 0.6 is 0 Å². The Balaban J connectivity index is 2.05. The van der Waals surface area contributed by atoms with Crippen LogP contribution in [0.25, 0.3) is 0 Å². The van der Waals surface area contributed by atoms with Crippen LogP contribution in [0.15, 0.2) is 35.2 Å². The number of carbonyl (C=O) groups is 1. The second-order valence-corrected chi connectivity index (χ2v) is 8.02. The molecule has 24 heavy (non-hydrogen) atoms. The summed E-state index contributed by atoms with van der Waals surface area (Å²) in [6.45, 7) is 3.13. The largest absolute Gasteiger partial charge is 0.383 e. The summed E-state index contributed by atoms with van der Waals surface area (Å²) < 4.78 is 31.9. The van der Waals surface area contributed by atoms with Crippen LogP contribution in [0, 0.1) is 5.92 Å². The summed E-state index contributed by atoms with van der Waals surface area (Å²) in [5, 5.41) is 2.96. The van der Waals surface area contributed by atoms with Crippen LogP contribution in [0.5, 0.6) is 0 Å². The Kier molecular flexibility index (Phi) is 6.77. The molecule has 1 aliphatic heterocycles. The van der Waals surface area contributed by atoms with Crippen LogP contribution < -0.4 is 5.32 Å². The first-order valence-corrected chi connectivity index (χ1v) is 9.77. The molecule has 6 nitrogen and oxygen atoms in total. The van der Waals surface area contributed by atoms with Crippen LogP contribution in [-0.4, -0.2) is 51.5 Å². The summed E-state index contributed by atoms with van der Waals surface area (Å²) in [6, 6.07) is 8.33. The number of nitrogens with one attached hydrogen (secondary N) is 1. The maximum absolute atomic E-state index is 12.7. The van der Waals surface area contributed by atoms with Crippen molar-refractivity contribution in [1.82, 2.24) is 9.62 Å². The molecule has 0 spiro atoms. The normalized spacial score (nSPS) is 20.5. The van der Waals surface area contributed by atoms with Crippen molar-refractivity contribution in [2.75, 3.05) is 26.8 Å². The Bertz CT molecular complexity index is 633. The highest BCUT2D eigenvalue weighted by Gasteiger charge is 2.33. The van der Waals surface area contributed by atoms with E-state index in [1.807, 2.05) is 6.92 Å². The number of amides is 1. The molecule has 1 N–H and O–H groups in total. The number of nitrogens with zero attached hydrogens (tertiary/aromatic N) is 1. The third-order valence-electron chi connectivity index (χ3n) is 4.34. The molecule has 0 aromatic heterocycles. The summed E-state index contributed by atoms with van der Waals surface area (Å²) >= 11 is 0. The zero-order valence-electron chi connectivity index (χ0n) is 14.3. The summed E-state index contributed by atoms with van der Waals surface area (Å²) in [7, 11) is -1.94. The Labute approximate surface area is 144 Å². The maximum atomic E-state index is 12.7. The number of sulfonamides is 1. The molecule has 2 rings (SSSR count). The van der Waals surface area contributed by atoms with Crippen molar-refractivity contribution in [2.45, 2.75) is 37.1 Å². The van der Waals surface area contributed by atoms with Crippen molar-refractivity contribution >= 4 is 15.9 Å². The van der Waals surface area contributed by atoms with Crippen molar-refractivity contribution in [3.05, 3.63) is 30.3 Å². The number of piperidine rings is 1. The highest BCUT2D eigenvalue weighted by Crippen LogP contribution is 2.23. The second kappa shape index (κ2) is 8.60. The molecule has 1 fully saturated rings. The maximum Gasteiger partial charge on any atom is 0.243 e. The number of hydrogen-bond acceptors (Lipinski definition) is 4. The third-order valence-corrected chi connectivity index (χ3v) is 6.22. The summed E-state index contributed by atoms with van der Waals surface area (Å²) in [5.74, 6) is -0.407. The van der Waals surface area contributed by atoms with Gasteiger partial charge in [0, 0.05) is 20.2 Å². The molecule has 0 aliphatic carbocycles. The fourth-order valence-corrected chi connectivity index (χ4v) is 4.44. The van der Waals surface area contributed by atoms with E-state index in [0.717, 1.165) is 6.42 Å². The molecule has 0 bridgehead atoms. The molecule has 2 unspecified atom stereocenters. The first kappa shape index (κ1) is 18.9. The summed E-state index contributed by atoms with van der Waals surface area (Å²) in [4.78, 5) is 12.7. The van der Waals surface area contributed by atoms with Gasteiger partial charge >= 0.3 is 0 Å². The molecular weight excluding hydrogens is 328 g/mol. The number of benzene rings is 1. The topological polar surface area (TPSA) is 75.7 Å². The van der Waals surface area contributed by atoms with E-state index in [-0.39, 0.29) is 29.3 Å². The predicted octanol–water partition coefficient (Wildman–Crippen LogP) is 1.63. The minimum atomic E-state index is -3.54. The monoisotopic (exact) mass is 354 g/mol. The quantitative estimate of drug-likeness (QED) is 0.807. The van der Waals surface area contributed by atoms with Gasteiger partial charge in [-0.05, 0) is 31.4 Å². The Morgan fingerprint density at radius 3 is 2.71 bits per heavy atom. The predicted molar refractivity (Wildman–Crippen MR) is 92.0 cm³/mol. The average molecular weight is 354 g/mol. The number of methoxy groups -OCH3 is 1. The molecule has 1 aliphatic rings. The van der Waals surface area contributed by atoms with Gasteiger partial charge in [0.2, 0.25) is 15.9 Å². The Morgan fingerprint density at radius 1 is 1.38 bits per heavy atom. The van der Waals surface area contributed by atoms with E-state index in [1.54, 1.807) is 37.4 Å². The minimum Gasteiger partial charge on any atom is -0.383 e. The third kappa shape index (κ3) is 4.55. The van der Waals surface area contributed by atoms with Crippen LogP contribution in [0.2, 0.25) is 0 Å². The Hall–Kier alpha value is -1.44. The fourth-order valence-electron chi connectivity index (χ4n) is 2.90. The molecule has 134 valence electrons. The molecule has 1 saturated heterocycles. The number of rotatable bonds is 7. The molecular formula is C17H26N2O4S. The van der Waals surface area contributed by atoms with Gasteiger partial charge in [0.1, 0.15) is 0 Å². The van der Waals surface area contributed by atoms with Crippen molar-refractivity contribution < 1.29 is 17.9 Å². The van der Waals surface area contributed by atoms with Gasteiger partial charge in [-0.2, -0.15) is 4.31 Å². The Morgan fingerprint density at radius 2 is 2.08 bits per heavy atom. The van der Waals surface area contributed by atoms with Gasteiger partial charge in [-0.15, -0.1) is 0 Å². The lowest BCUT2D eigenvalue weighted by atomic mass is 9.98. The van der Waals surface area contributed by atoms with Gasteiger partial charge < -0.3 is 10.1 Å². The highest BCUT2D eigenvalue weighted by molar-refractivity contribution is 7.89. The smallest absolute Gasteiger partial charge is 0.243 e. The number of ether oxygens (including phenoxy) is 1. The van der Waals surface area contributed by atoms with Crippen LogP contribution in [0.1, 0.15) is 26.2 Å². The molecule has 1 heterocycles. The summed E-state index contributed by atoms with van der Waals surface area (Å²) in [6.07, 6.45) is 2.17. The zero-order valence-corrected chi connectivity index (χ0v) is 15.1. The molecule has 1 amide bonds. The van der Waals surface area contributed by atoms with Crippen molar-refractivity contribution in [3.63, 3.8) is 0 Å². The van der Waals surface area contributed by atoms with Gasteiger partial charge in [0.15, 0.2) is 0 Å². The van der Waals surface area contributed by atoms with E-state index in [1.165, 1.54) is 4.31 Å². The number of carbonyl (C=O) groups excluding carboxylic acids is 1. The van der Waals surface area contributed by atoms with Crippen LogP contribution in [0.3, 0.4) is 0 Å². The lowest BCUT2D eigenvalue weighted by Crippen LogP contribution is -2.48. The van der Waals surface area contributed by atoms with E-state index in [0.29, 0.717) is 26.0 Å². The molecule has 1 aromatic carbocycles. The van der Waals surface area contributed by atoms with Gasteiger partial charge in [0.25, 0.3) is 0 Å². The minimum absolute atomic E-state index is 0.0383. The van der Waals surface area contributed by atoms with E-state index < -0.39 is 10.0 Å². The van der Waals surface area contributed by atoms with E-state index in [2.05, 4.69) is 5.32 Å². The van der Waals surface area contributed by atoms with Crippen molar-refractivity contribution in [3.8, 4) is 0 Å². The fraction of sp³-hybridized carbons (Fsp3) is 0.588. The SMILES string of the molecule is CCC(COC)NC(=O)C1CCCN(S(=O)(=O)c2ccccc2)C1. The van der Waals surface area contributed by atoms with Crippen LogP contribution in [-0.2, 0) is 19.6 Å². The molecule has 2 atom stereocenters. The lowest BCUT2D eigenvalue weighted by molar-refractivity contribution is -0.127. The lowest BCUT2D eigenvalue weighted by Gasteiger charge is -2.32. The first-order chi connectivity index (χ1) is 11.5. The van der Waals surface area contributed by atoms with Gasteiger partial charge in [0.05, 0.1) is 23.5 Å². The van der Waals surface area contributed by atoms with Crippen molar-refractivity contribution in [1.29, 1.82) is 0 Å². The van der Waals surface area contributed by atoms with Crippen LogP contribution in [0.4, 0.5) is 0 Å². The zero-order chi connectivity index (χ0) is 17.6. The molecule has 7 heteroatoms. The molecule has 1 aromatic rings. The van der Waals surface area contributed by atoms with E-state index >= 15 is 0 Å². The molecule has 0 saturated carbocycles. The second-order valence-electron chi connectivity index (χ2n) is 6.08. The standard InChI is InChI=1S/C17H26N2O4S/c1-3-15(13-23-2)18-17(20)14-8-7-11-19(12-14)24(21,22)16-9-5-4-6-10-16/h4-6,9-10,14-15H,3,7-8,11-13H2,1-2H3,(H,18,20). The van der Waals surface area contributed by atoms with Gasteiger partial charge in [-0.1, -0.05) is 25.1 Å². The van der Waals surface area contributed by atoms with E-state index in [9.17, 15) is 13.2 Å². The first-order valence-electron chi connectivity index (χ1n) is 8.33. The summed E-state index contributed by atoms with van der Waals surface area (Å²) in [5.41, 5.74) is 0. The van der Waals surface area contributed by atoms with Gasteiger partial charge in [-0.25, -0.2) is 8.42 Å². The van der Waals surface area contributed by atoms with E-state index in [4.69, 9.17) is 4.74 Å². The average Bonchev–Trinajstić information content (AvgIpc) is 2.62. The highest BCUT2D eigenvalue weighted by atomic mass is 32.2. The number of hydrogen-bond donors (Lipinski definition) is 1. The van der Waals surface area contributed by atoms with Gasteiger partial charge in [-0.3, -0.25) is 4.79 Å². The van der Waals surface area contributed by atoms with Crippen molar-refractivity contribution in [2.24, 2.45) is 5.92 Å².